The molecule has 27 heavy (non-hydrogen) atoms. The number of carbonyl (C=O) groups excluding carboxylic acids is 2. The monoisotopic (exact) mass is 362 g/mol. The maximum atomic E-state index is 12.8. The predicted octanol–water partition coefficient (Wildman–Crippen LogP) is 5.56. The van der Waals surface area contributed by atoms with Gasteiger partial charge in [-0.15, -0.1) is 0 Å². The van der Waals surface area contributed by atoms with Crippen LogP contribution in [0.1, 0.15) is 49.5 Å². The Balaban J connectivity index is 1.74. The first kappa shape index (κ1) is 19.1. The molecule has 2 atom stereocenters. The third-order valence-electron chi connectivity index (χ3n) is 5.29. The average molecular weight is 362 g/mol. The quantitative estimate of drug-likeness (QED) is 0.406. The zero-order chi connectivity index (χ0) is 19.4. The first-order valence-corrected chi connectivity index (χ1v) is 9.59. The molecule has 3 rings (SSSR count). The van der Waals surface area contributed by atoms with Gasteiger partial charge in [-0.1, -0.05) is 51.1 Å². The second-order valence-electron chi connectivity index (χ2n) is 7.62. The Morgan fingerprint density at radius 3 is 2.33 bits per heavy atom. The van der Waals surface area contributed by atoms with Gasteiger partial charge in [0.1, 0.15) is 5.75 Å². The van der Waals surface area contributed by atoms with Gasteiger partial charge in [-0.25, -0.2) is 4.79 Å². The number of benzene rings is 2. The molecule has 0 bridgehead atoms. The standard InChI is InChI=1S/C24H26O3/c1-16(2)21-14-9-17(3)22(23(21)25)15-18-10-12-20(13-11-18)27-24(26)19-7-5-4-6-8-19/h4-8,10-13,15-17,21H,9,14H2,1-3H3/b22-15+/t17-,21-/m1/s1. The fourth-order valence-corrected chi connectivity index (χ4v) is 3.57. The highest BCUT2D eigenvalue weighted by Gasteiger charge is 2.32. The summed E-state index contributed by atoms with van der Waals surface area (Å²) in [5.74, 6) is 1.17. The zero-order valence-corrected chi connectivity index (χ0v) is 16.1. The molecule has 0 heterocycles. The number of rotatable bonds is 4. The van der Waals surface area contributed by atoms with Crippen LogP contribution in [0.4, 0.5) is 0 Å². The summed E-state index contributed by atoms with van der Waals surface area (Å²) in [5.41, 5.74) is 2.38. The van der Waals surface area contributed by atoms with Crippen molar-refractivity contribution in [1.29, 1.82) is 0 Å². The van der Waals surface area contributed by atoms with Gasteiger partial charge in [-0.2, -0.15) is 0 Å². The minimum atomic E-state index is -0.377. The molecule has 1 saturated carbocycles. The predicted molar refractivity (Wildman–Crippen MR) is 108 cm³/mol. The molecule has 2 aromatic carbocycles. The van der Waals surface area contributed by atoms with E-state index in [1.54, 1.807) is 36.4 Å². The highest BCUT2D eigenvalue weighted by molar-refractivity contribution is 6.02. The van der Waals surface area contributed by atoms with E-state index in [1.807, 2.05) is 24.3 Å². The van der Waals surface area contributed by atoms with E-state index in [4.69, 9.17) is 4.74 Å². The Morgan fingerprint density at radius 1 is 1.04 bits per heavy atom. The summed E-state index contributed by atoms with van der Waals surface area (Å²) in [6, 6.07) is 16.2. The van der Waals surface area contributed by atoms with E-state index in [1.165, 1.54) is 0 Å². The molecule has 1 aliphatic carbocycles. The lowest BCUT2D eigenvalue weighted by atomic mass is 9.73. The number of ether oxygens (including phenoxy) is 1. The summed E-state index contributed by atoms with van der Waals surface area (Å²) in [4.78, 5) is 24.9. The molecule has 3 nitrogen and oxygen atoms in total. The van der Waals surface area contributed by atoms with Gasteiger partial charge in [0, 0.05) is 5.92 Å². The van der Waals surface area contributed by atoms with E-state index in [0.717, 1.165) is 24.0 Å². The van der Waals surface area contributed by atoms with Gasteiger partial charge >= 0.3 is 5.97 Å². The van der Waals surface area contributed by atoms with E-state index in [9.17, 15) is 9.59 Å². The van der Waals surface area contributed by atoms with E-state index >= 15 is 0 Å². The van der Waals surface area contributed by atoms with Crippen LogP contribution < -0.4 is 4.74 Å². The van der Waals surface area contributed by atoms with Crippen LogP contribution in [0.5, 0.6) is 5.75 Å². The first-order chi connectivity index (χ1) is 13.0. The van der Waals surface area contributed by atoms with Gasteiger partial charge in [-0.05, 0) is 66.2 Å². The van der Waals surface area contributed by atoms with Gasteiger partial charge in [0.15, 0.2) is 5.78 Å². The van der Waals surface area contributed by atoms with Crippen molar-refractivity contribution < 1.29 is 14.3 Å². The molecule has 0 aliphatic heterocycles. The van der Waals surface area contributed by atoms with Crippen molar-refractivity contribution in [3.05, 3.63) is 71.3 Å². The van der Waals surface area contributed by atoms with E-state index in [0.29, 0.717) is 17.2 Å². The maximum absolute atomic E-state index is 12.8. The molecule has 0 unspecified atom stereocenters. The normalized spacial score (nSPS) is 21.5. The highest BCUT2D eigenvalue weighted by Crippen LogP contribution is 2.35. The fraction of sp³-hybridized carbons (Fsp3) is 0.333. The number of hydrogen-bond donors (Lipinski definition) is 0. The third kappa shape index (κ3) is 4.54. The Hall–Kier alpha value is -2.68. The number of ketones is 1. The summed E-state index contributed by atoms with van der Waals surface area (Å²) in [6.07, 6.45) is 4.01. The summed E-state index contributed by atoms with van der Waals surface area (Å²) in [5, 5.41) is 0. The van der Waals surface area contributed by atoms with Crippen molar-refractivity contribution in [2.45, 2.75) is 33.6 Å². The lowest BCUT2D eigenvalue weighted by Gasteiger charge is -2.30. The van der Waals surface area contributed by atoms with Crippen LogP contribution >= 0.6 is 0 Å². The molecule has 0 radical (unpaired) electrons. The Bertz CT molecular complexity index is 832. The van der Waals surface area contributed by atoms with Crippen molar-refractivity contribution in [3.63, 3.8) is 0 Å². The Kier molecular flexibility index (Phi) is 5.90. The molecule has 3 heteroatoms. The SMILES string of the molecule is CC(C)[C@H]1CC[C@@H](C)/C(=C\c2ccc(OC(=O)c3ccccc3)cc2)C1=O. The molecule has 140 valence electrons. The van der Waals surface area contributed by atoms with Crippen LogP contribution in [0.2, 0.25) is 0 Å². The van der Waals surface area contributed by atoms with Crippen LogP contribution in [-0.2, 0) is 4.79 Å². The summed E-state index contributed by atoms with van der Waals surface area (Å²) in [6.45, 7) is 6.36. The fourth-order valence-electron chi connectivity index (χ4n) is 3.57. The van der Waals surface area contributed by atoms with Gasteiger partial charge in [0.2, 0.25) is 0 Å². The topological polar surface area (TPSA) is 43.4 Å². The van der Waals surface area contributed by atoms with Crippen LogP contribution in [0.25, 0.3) is 6.08 Å². The number of allylic oxidation sites excluding steroid dienone is 1. The molecule has 2 aromatic rings. The molecule has 1 aliphatic rings. The number of Topliss-reactive ketones (excluding diaryl/α,β-unsaturated/α-hetero) is 1. The van der Waals surface area contributed by atoms with Crippen LogP contribution in [0.15, 0.2) is 60.2 Å². The minimum absolute atomic E-state index is 0.124. The molecule has 0 spiro atoms. The van der Waals surface area contributed by atoms with Crippen LogP contribution in [0, 0.1) is 17.8 Å². The van der Waals surface area contributed by atoms with Crippen molar-refractivity contribution >= 4 is 17.8 Å². The van der Waals surface area contributed by atoms with Crippen molar-refractivity contribution in [2.75, 3.05) is 0 Å². The van der Waals surface area contributed by atoms with Gasteiger partial charge in [0.05, 0.1) is 5.56 Å². The molecular formula is C24H26O3. The molecule has 0 saturated heterocycles. The summed E-state index contributed by atoms with van der Waals surface area (Å²) >= 11 is 0. The molecule has 0 N–H and O–H groups in total. The second-order valence-corrected chi connectivity index (χ2v) is 7.62. The van der Waals surface area contributed by atoms with Crippen molar-refractivity contribution in [3.8, 4) is 5.75 Å². The summed E-state index contributed by atoms with van der Waals surface area (Å²) in [7, 11) is 0. The van der Waals surface area contributed by atoms with Gasteiger partial charge < -0.3 is 4.74 Å². The average Bonchev–Trinajstić information content (AvgIpc) is 2.66. The zero-order valence-electron chi connectivity index (χ0n) is 16.1. The van der Waals surface area contributed by atoms with Gasteiger partial charge in [-0.3, -0.25) is 4.79 Å². The number of esters is 1. The second kappa shape index (κ2) is 8.34. The first-order valence-electron chi connectivity index (χ1n) is 9.59. The maximum Gasteiger partial charge on any atom is 0.343 e. The molecule has 0 amide bonds. The van der Waals surface area contributed by atoms with Crippen LogP contribution in [-0.4, -0.2) is 11.8 Å². The van der Waals surface area contributed by atoms with Gasteiger partial charge in [0.25, 0.3) is 0 Å². The van der Waals surface area contributed by atoms with E-state index in [-0.39, 0.29) is 23.6 Å². The highest BCUT2D eigenvalue weighted by atomic mass is 16.5. The lowest BCUT2D eigenvalue weighted by molar-refractivity contribution is -0.122. The Labute approximate surface area is 161 Å². The molecule has 1 fully saturated rings. The van der Waals surface area contributed by atoms with Crippen LogP contribution in [0.3, 0.4) is 0 Å². The Morgan fingerprint density at radius 2 is 1.70 bits per heavy atom. The van der Waals surface area contributed by atoms with Crippen molar-refractivity contribution in [2.24, 2.45) is 17.8 Å². The summed E-state index contributed by atoms with van der Waals surface area (Å²) < 4.78 is 5.41. The van der Waals surface area contributed by atoms with Crippen molar-refractivity contribution in [1.82, 2.24) is 0 Å². The number of hydrogen-bond acceptors (Lipinski definition) is 3. The smallest absolute Gasteiger partial charge is 0.343 e. The minimum Gasteiger partial charge on any atom is -0.423 e. The third-order valence-corrected chi connectivity index (χ3v) is 5.29. The van der Waals surface area contributed by atoms with E-state index in [2.05, 4.69) is 20.8 Å². The number of carbonyl (C=O) groups is 2. The largest absolute Gasteiger partial charge is 0.423 e. The molecule has 0 aromatic heterocycles. The molecular weight excluding hydrogens is 336 g/mol. The van der Waals surface area contributed by atoms with E-state index < -0.39 is 0 Å². The lowest BCUT2D eigenvalue weighted by Crippen LogP contribution is -2.30.